The molecule has 2 unspecified atom stereocenters. The zero-order valence-corrected chi connectivity index (χ0v) is 14.2. The predicted molar refractivity (Wildman–Crippen MR) is 90.6 cm³/mol. The molecule has 0 radical (unpaired) electrons. The molecular weight excluding hydrogens is 324 g/mol. The average molecular weight is 345 g/mol. The zero-order chi connectivity index (χ0) is 14.8. The van der Waals surface area contributed by atoms with E-state index in [0.29, 0.717) is 12.0 Å². The molecule has 1 aromatic carbocycles. The van der Waals surface area contributed by atoms with Crippen LogP contribution < -0.4 is 5.32 Å². The van der Waals surface area contributed by atoms with Gasteiger partial charge in [0.1, 0.15) is 0 Å². The number of rotatable bonds is 4. The quantitative estimate of drug-likeness (QED) is 0.880. The first-order valence-electron chi connectivity index (χ1n) is 7.64. The van der Waals surface area contributed by atoms with Crippen molar-refractivity contribution in [2.75, 3.05) is 6.54 Å². The Bertz CT molecular complexity index is 639. The third kappa shape index (κ3) is 2.90. The minimum absolute atomic E-state index is 0.336. The fourth-order valence-corrected chi connectivity index (χ4v) is 3.68. The first-order chi connectivity index (χ1) is 10.2. The second kappa shape index (κ2) is 6.29. The number of likely N-dealkylation sites (N-methyl/N-ethyl adjacent to an activating group) is 1. The first-order valence-corrected chi connectivity index (χ1v) is 8.43. The van der Waals surface area contributed by atoms with Crippen LogP contribution in [0.15, 0.2) is 41.0 Å². The van der Waals surface area contributed by atoms with Gasteiger partial charge in [0, 0.05) is 28.3 Å². The Hall–Kier alpha value is -1.19. The van der Waals surface area contributed by atoms with Crippen LogP contribution in [0, 0.1) is 6.92 Å². The van der Waals surface area contributed by atoms with E-state index in [-0.39, 0.29) is 0 Å². The van der Waals surface area contributed by atoms with E-state index in [9.17, 15) is 0 Å². The maximum Gasteiger partial charge on any atom is 0.0485 e. The number of nitrogens with one attached hydrogen (secondary N) is 1. The highest BCUT2D eigenvalue weighted by Crippen LogP contribution is 2.41. The molecule has 2 nitrogen and oxygen atoms in total. The molecule has 0 spiro atoms. The van der Waals surface area contributed by atoms with Crippen molar-refractivity contribution in [2.24, 2.45) is 0 Å². The van der Waals surface area contributed by atoms with E-state index >= 15 is 0 Å². The third-order valence-corrected chi connectivity index (χ3v) is 5.24. The molecule has 0 saturated carbocycles. The van der Waals surface area contributed by atoms with Crippen LogP contribution in [-0.2, 0) is 6.42 Å². The smallest absolute Gasteiger partial charge is 0.0485 e. The molecule has 1 heterocycles. The summed E-state index contributed by atoms with van der Waals surface area (Å²) in [6.07, 6.45) is 4.24. The third-order valence-electron chi connectivity index (χ3n) is 4.38. The molecule has 1 aromatic heterocycles. The average Bonchev–Trinajstić information content (AvgIpc) is 2.92. The Kier molecular flexibility index (Phi) is 4.41. The van der Waals surface area contributed by atoms with E-state index in [1.165, 1.54) is 33.3 Å². The highest BCUT2D eigenvalue weighted by Gasteiger charge is 2.31. The van der Waals surface area contributed by atoms with Crippen LogP contribution in [0.3, 0.4) is 0 Å². The van der Waals surface area contributed by atoms with Gasteiger partial charge in [-0.1, -0.05) is 41.1 Å². The molecule has 1 N–H and O–H groups in total. The lowest BCUT2D eigenvalue weighted by atomic mass is 9.90. The van der Waals surface area contributed by atoms with Crippen LogP contribution in [0.2, 0.25) is 0 Å². The molecule has 21 heavy (non-hydrogen) atoms. The molecule has 110 valence electrons. The SMILES string of the molecule is CCNC(c1ccc(C)c(Br)c1)C1CCc2cccnc21. The summed E-state index contributed by atoms with van der Waals surface area (Å²) in [6.45, 7) is 5.27. The molecule has 3 heteroatoms. The van der Waals surface area contributed by atoms with Crippen molar-refractivity contribution < 1.29 is 0 Å². The lowest BCUT2D eigenvalue weighted by molar-refractivity contribution is 0.447. The lowest BCUT2D eigenvalue weighted by Gasteiger charge is -2.25. The molecule has 0 amide bonds. The Balaban J connectivity index is 1.97. The van der Waals surface area contributed by atoms with Gasteiger partial charge in [-0.15, -0.1) is 0 Å². The number of benzene rings is 1. The number of hydrogen-bond acceptors (Lipinski definition) is 2. The molecule has 2 aromatic rings. The Morgan fingerprint density at radius 1 is 1.38 bits per heavy atom. The zero-order valence-electron chi connectivity index (χ0n) is 12.6. The van der Waals surface area contributed by atoms with Crippen molar-refractivity contribution in [3.63, 3.8) is 0 Å². The van der Waals surface area contributed by atoms with Crippen molar-refractivity contribution in [3.05, 3.63) is 63.4 Å². The fraction of sp³-hybridized carbons (Fsp3) is 0.389. The maximum absolute atomic E-state index is 4.66. The van der Waals surface area contributed by atoms with Crippen LogP contribution >= 0.6 is 15.9 Å². The van der Waals surface area contributed by atoms with E-state index in [1.54, 1.807) is 0 Å². The van der Waals surface area contributed by atoms with E-state index in [1.807, 2.05) is 12.3 Å². The highest BCUT2D eigenvalue weighted by molar-refractivity contribution is 9.10. The standard InChI is InChI=1S/C18H21BrN2/c1-3-20-18(14-7-6-12(2)16(19)11-14)15-9-8-13-5-4-10-21-17(13)15/h4-7,10-11,15,18,20H,3,8-9H2,1-2H3. The number of nitrogens with zero attached hydrogens (tertiary/aromatic N) is 1. The number of aryl methyl sites for hydroxylation is 2. The van der Waals surface area contributed by atoms with Gasteiger partial charge < -0.3 is 5.32 Å². The summed E-state index contributed by atoms with van der Waals surface area (Å²) < 4.78 is 1.18. The van der Waals surface area contributed by atoms with E-state index in [0.717, 1.165) is 13.0 Å². The molecular formula is C18H21BrN2. The summed E-state index contributed by atoms with van der Waals surface area (Å²) in [4.78, 5) is 4.66. The van der Waals surface area contributed by atoms with Crippen LogP contribution in [0.4, 0.5) is 0 Å². The minimum atomic E-state index is 0.336. The molecule has 0 aliphatic heterocycles. The second-order valence-corrected chi connectivity index (χ2v) is 6.59. The van der Waals surface area contributed by atoms with Gasteiger partial charge in [0.2, 0.25) is 0 Å². The molecule has 3 rings (SSSR count). The van der Waals surface area contributed by atoms with Gasteiger partial charge in [-0.2, -0.15) is 0 Å². The van der Waals surface area contributed by atoms with Gasteiger partial charge in [-0.05, 0) is 55.1 Å². The normalized spacial score (nSPS) is 18.5. The van der Waals surface area contributed by atoms with Gasteiger partial charge >= 0.3 is 0 Å². The van der Waals surface area contributed by atoms with E-state index in [2.05, 4.69) is 64.3 Å². The van der Waals surface area contributed by atoms with Crippen molar-refractivity contribution >= 4 is 15.9 Å². The monoisotopic (exact) mass is 344 g/mol. The van der Waals surface area contributed by atoms with E-state index in [4.69, 9.17) is 0 Å². The van der Waals surface area contributed by atoms with Crippen LogP contribution in [0.25, 0.3) is 0 Å². The molecule has 0 bridgehead atoms. The number of aromatic nitrogens is 1. The Morgan fingerprint density at radius 2 is 2.24 bits per heavy atom. The van der Waals surface area contributed by atoms with Crippen LogP contribution in [0.1, 0.15) is 47.7 Å². The van der Waals surface area contributed by atoms with Gasteiger partial charge in [0.25, 0.3) is 0 Å². The van der Waals surface area contributed by atoms with Crippen LogP contribution in [-0.4, -0.2) is 11.5 Å². The van der Waals surface area contributed by atoms with Gasteiger partial charge in [-0.25, -0.2) is 0 Å². The summed E-state index contributed by atoms with van der Waals surface area (Å²) >= 11 is 3.66. The van der Waals surface area contributed by atoms with Gasteiger partial charge in [0.15, 0.2) is 0 Å². The van der Waals surface area contributed by atoms with Crippen molar-refractivity contribution in [1.82, 2.24) is 10.3 Å². The molecule has 0 saturated heterocycles. The Labute approximate surface area is 135 Å². The molecule has 2 atom stereocenters. The number of fused-ring (bicyclic) bond motifs is 1. The summed E-state index contributed by atoms with van der Waals surface area (Å²) in [5.41, 5.74) is 5.31. The van der Waals surface area contributed by atoms with Crippen molar-refractivity contribution in [3.8, 4) is 0 Å². The topological polar surface area (TPSA) is 24.9 Å². The summed E-state index contributed by atoms with van der Waals surface area (Å²) in [7, 11) is 0. The summed E-state index contributed by atoms with van der Waals surface area (Å²) in [6, 6.07) is 11.3. The number of pyridine rings is 1. The maximum atomic E-state index is 4.66. The molecule has 1 aliphatic carbocycles. The molecule has 1 aliphatic rings. The Morgan fingerprint density at radius 3 is 3.00 bits per heavy atom. The van der Waals surface area contributed by atoms with Crippen molar-refractivity contribution in [1.29, 1.82) is 0 Å². The second-order valence-electron chi connectivity index (χ2n) is 5.74. The fourth-order valence-electron chi connectivity index (χ4n) is 3.28. The van der Waals surface area contributed by atoms with E-state index < -0.39 is 0 Å². The number of halogens is 1. The highest BCUT2D eigenvalue weighted by atomic mass is 79.9. The van der Waals surface area contributed by atoms with Gasteiger partial charge in [0.05, 0.1) is 0 Å². The van der Waals surface area contributed by atoms with Gasteiger partial charge in [-0.3, -0.25) is 4.98 Å². The largest absolute Gasteiger partial charge is 0.310 e. The summed E-state index contributed by atoms with van der Waals surface area (Å²) in [5.74, 6) is 0.468. The number of hydrogen-bond donors (Lipinski definition) is 1. The molecule has 0 fully saturated rings. The minimum Gasteiger partial charge on any atom is -0.310 e. The first kappa shape index (κ1) is 14.7. The lowest BCUT2D eigenvalue weighted by Crippen LogP contribution is -2.26. The van der Waals surface area contributed by atoms with Crippen LogP contribution in [0.5, 0.6) is 0 Å². The summed E-state index contributed by atoms with van der Waals surface area (Å²) in [5, 5.41) is 3.67. The predicted octanol–water partition coefficient (Wildman–Crippen LogP) is 4.53. The van der Waals surface area contributed by atoms with Crippen molar-refractivity contribution in [2.45, 2.75) is 38.6 Å².